The Balaban J connectivity index is 2.22. The van der Waals surface area contributed by atoms with Crippen LogP contribution in [0.5, 0.6) is 0 Å². The van der Waals surface area contributed by atoms with Crippen molar-refractivity contribution < 1.29 is 18.1 Å². The number of carbonyl (C=O) groups is 1. The van der Waals surface area contributed by atoms with Gasteiger partial charge in [0.1, 0.15) is 5.02 Å². The number of amides is 1. The number of nitro benzene ring substituents is 1. The van der Waals surface area contributed by atoms with Crippen LogP contribution in [0.4, 0.5) is 11.4 Å². The van der Waals surface area contributed by atoms with Gasteiger partial charge in [0, 0.05) is 30.4 Å². The van der Waals surface area contributed by atoms with Crippen molar-refractivity contribution in [1.82, 2.24) is 4.31 Å². The summed E-state index contributed by atoms with van der Waals surface area (Å²) in [6, 6.07) is 9.58. The van der Waals surface area contributed by atoms with Crippen LogP contribution in [0.15, 0.2) is 47.4 Å². The number of nitro groups is 1. The van der Waals surface area contributed by atoms with Crippen LogP contribution in [0, 0.1) is 22.0 Å². The Morgan fingerprint density at radius 1 is 1.06 bits per heavy atom. The summed E-state index contributed by atoms with van der Waals surface area (Å²) in [5, 5.41) is 13.5. The second kappa shape index (κ2) is 10.2. The molecule has 31 heavy (non-hydrogen) atoms. The van der Waals surface area contributed by atoms with Crippen molar-refractivity contribution in [1.29, 1.82) is 0 Å². The Labute approximate surface area is 187 Å². The zero-order valence-electron chi connectivity index (χ0n) is 17.8. The first-order chi connectivity index (χ1) is 14.4. The molecule has 10 heteroatoms. The monoisotopic (exact) mass is 467 g/mol. The molecule has 0 saturated carbocycles. The summed E-state index contributed by atoms with van der Waals surface area (Å²) in [5.41, 5.74) is 0.0554. The van der Waals surface area contributed by atoms with E-state index in [2.05, 4.69) is 5.32 Å². The third-order valence-corrected chi connectivity index (χ3v) is 6.46. The summed E-state index contributed by atoms with van der Waals surface area (Å²) in [5.74, 6) is -0.220. The summed E-state index contributed by atoms with van der Waals surface area (Å²) >= 11 is 5.77. The SMILES string of the molecule is CC(C)CN(CC(C)C)S(=O)(=O)c1ccc(NC(=O)c2ccc(Cl)c([N+](=O)[O-])c2)cc1. The zero-order chi connectivity index (χ0) is 23.3. The first kappa shape index (κ1) is 24.8. The Bertz CT molecular complexity index is 1040. The Kier molecular flexibility index (Phi) is 8.16. The number of sulfonamides is 1. The lowest BCUT2D eigenvalue weighted by Crippen LogP contribution is -2.37. The van der Waals surface area contributed by atoms with E-state index in [1.54, 1.807) is 0 Å². The van der Waals surface area contributed by atoms with Crippen molar-refractivity contribution >= 4 is 38.9 Å². The molecule has 0 fully saturated rings. The van der Waals surface area contributed by atoms with Gasteiger partial charge in [-0.05, 0) is 48.2 Å². The van der Waals surface area contributed by atoms with E-state index >= 15 is 0 Å². The van der Waals surface area contributed by atoms with Crippen LogP contribution in [0.25, 0.3) is 0 Å². The van der Waals surface area contributed by atoms with Crippen LogP contribution >= 0.6 is 11.6 Å². The minimum atomic E-state index is -3.68. The first-order valence-corrected chi connectivity index (χ1v) is 11.6. The van der Waals surface area contributed by atoms with E-state index in [4.69, 9.17) is 11.6 Å². The Morgan fingerprint density at radius 3 is 2.10 bits per heavy atom. The molecule has 2 rings (SSSR count). The molecule has 2 aromatic rings. The average molecular weight is 468 g/mol. The van der Waals surface area contributed by atoms with Crippen LogP contribution in [0.2, 0.25) is 5.02 Å². The molecule has 1 N–H and O–H groups in total. The molecule has 8 nitrogen and oxygen atoms in total. The molecule has 168 valence electrons. The number of hydrogen-bond donors (Lipinski definition) is 1. The molecule has 0 heterocycles. The molecule has 0 bridgehead atoms. The van der Waals surface area contributed by atoms with Crippen molar-refractivity contribution in [3.8, 4) is 0 Å². The molecule has 0 aliphatic carbocycles. The van der Waals surface area contributed by atoms with E-state index in [0.717, 1.165) is 6.07 Å². The highest BCUT2D eigenvalue weighted by molar-refractivity contribution is 7.89. The Hall–Kier alpha value is -2.49. The summed E-state index contributed by atoms with van der Waals surface area (Å²) in [4.78, 5) is 22.9. The maximum Gasteiger partial charge on any atom is 0.288 e. The quantitative estimate of drug-likeness (QED) is 0.420. The molecular weight excluding hydrogens is 442 g/mol. The summed E-state index contributed by atoms with van der Waals surface area (Å²) < 4.78 is 27.6. The predicted molar refractivity (Wildman–Crippen MR) is 121 cm³/mol. The number of carbonyl (C=O) groups excluding carboxylic acids is 1. The van der Waals surface area contributed by atoms with E-state index < -0.39 is 20.9 Å². The van der Waals surface area contributed by atoms with E-state index in [1.165, 1.54) is 40.7 Å². The van der Waals surface area contributed by atoms with Gasteiger partial charge >= 0.3 is 0 Å². The summed E-state index contributed by atoms with van der Waals surface area (Å²) in [6.07, 6.45) is 0. The van der Waals surface area contributed by atoms with Crippen LogP contribution in [0.1, 0.15) is 38.1 Å². The molecule has 0 atom stereocenters. The second-order valence-electron chi connectivity index (χ2n) is 8.01. The average Bonchev–Trinajstić information content (AvgIpc) is 2.67. The zero-order valence-corrected chi connectivity index (χ0v) is 19.4. The van der Waals surface area contributed by atoms with Crippen molar-refractivity contribution in [3.05, 3.63) is 63.2 Å². The maximum atomic E-state index is 13.1. The second-order valence-corrected chi connectivity index (χ2v) is 10.4. The van der Waals surface area contributed by atoms with E-state index in [1.807, 2.05) is 27.7 Å². The van der Waals surface area contributed by atoms with E-state index in [-0.39, 0.29) is 33.0 Å². The lowest BCUT2D eigenvalue weighted by molar-refractivity contribution is -0.384. The minimum Gasteiger partial charge on any atom is -0.322 e. The van der Waals surface area contributed by atoms with Gasteiger partial charge in [-0.15, -0.1) is 0 Å². The van der Waals surface area contributed by atoms with Gasteiger partial charge in [0.2, 0.25) is 10.0 Å². The highest BCUT2D eigenvalue weighted by Gasteiger charge is 2.26. The molecule has 0 spiro atoms. The number of hydrogen-bond acceptors (Lipinski definition) is 5. The first-order valence-electron chi connectivity index (χ1n) is 9.77. The van der Waals surface area contributed by atoms with Crippen LogP contribution in [-0.2, 0) is 10.0 Å². The van der Waals surface area contributed by atoms with Gasteiger partial charge in [0.15, 0.2) is 0 Å². The van der Waals surface area contributed by atoms with Gasteiger partial charge < -0.3 is 5.32 Å². The van der Waals surface area contributed by atoms with Crippen LogP contribution in [-0.4, -0.2) is 36.6 Å². The molecule has 0 radical (unpaired) electrons. The molecule has 0 aliphatic rings. The fraction of sp³-hybridized carbons (Fsp3) is 0.381. The molecule has 0 aromatic heterocycles. The van der Waals surface area contributed by atoms with Gasteiger partial charge in [0.05, 0.1) is 9.82 Å². The van der Waals surface area contributed by atoms with Crippen molar-refractivity contribution in [2.45, 2.75) is 32.6 Å². The lowest BCUT2D eigenvalue weighted by atomic mass is 10.2. The smallest absolute Gasteiger partial charge is 0.288 e. The predicted octanol–water partition coefficient (Wildman–Crippen LogP) is 4.80. The van der Waals surface area contributed by atoms with Gasteiger partial charge in [-0.2, -0.15) is 4.31 Å². The minimum absolute atomic E-state index is 0.0628. The summed E-state index contributed by atoms with van der Waals surface area (Å²) in [6.45, 7) is 8.67. The number of rotatable bonds is 9. The van der Waals surface area contributed by atoms with Crippen molar-refractivity contribution in [2.75, 3.05) is 18.4 Å². The van der Waals surface area contributed by atoms with Crippen LogP contribution in [0.3, 0.4) is 0 Å². The van der Waals surface area contributed by atoms with Gasteiger partial charge in [-0.25, -0.2) is 8.42 Å². The van der Waals surface area contributed by atoms with Crippen LogP contribution < -0.4 is 5.32 Å². The molecule has 0 unspecified atom stereocenters. The highest BCUT2D eigenvalue weighted by Crippen LogP contribution is 2.26. The molecular formula is C21H26ClN3O5S. The van der Waals surface area contributed by atoms with Crippen molar-refractivity contribution in [3.63, 3.8) is 0 Å². The molecule has 2 aromatic carbocycles. The number of benzene rings is 2. The molecule has 1 amide bonds. The van der Waals surface area contributed by atoms with Gasteiger partial charge in [-0.3, -0.25) is 14.9 Å². The number of nitrogens with one attached hydrogen (secondary N) is 1. The van der Waals surface area contributed by atoms with Gasteiger partial charge in [0.25, 0.3) is 11.6 Å². The third-order valence-electron chi connectivity index (χ3n) is 4.29. The topological polar surface area (TPSA) is 110 Å². The lowest BCUT2D eigenvalue weighted by Gasteiger charge is -2.25. The fourth-order valence-electron chi connectivity index (χ4n) is 2.94. The normalized spacial score (nSPS) is 11.9. The van der Waals surface area contributed by atoms with E-state index in [0.29, 0.717) is 18.8 Å². The Morgan fingerprint density at radius 2 is 1.61 bits per heavy atom. The summed E-state index contributed by atoms with van der Waals surface area (Å²) in [7, 11) is -3.68. The molecule has 0 aliphatic heterocycles. The van der Waals surface area contributed by atoms with E-state index in [9.17, 15) is 23.3 Å². The molecule has 0 saturated heterocycles. The fourth-order valence-corrected chi connectivity index (χ4v) is 4.90. The number of anilines is 1. The maximum absolute atomic E-state index is 13.1. The van der Waals surface area contributed by atoms with Crippen molar-refractivity contribution in [2.24, 2.45) is 11.8 Å². The largest absolute Gasteiger partial charge is 0.322 e. The van der Waals surface area contributed by atoms with Gasteiger partial charge in [-0.1, -0.05) is 39.3 Å². The number of nitrogens with zero attached hydrogens (tertiary/aromatic N) is 2. The third kappa shape index (κ3) is 6.49. The standard InChI is InChI=1S/C21H26ClN3O5S/c1-14(2)12-24(13-15(3)4)31(29,30)18-8-6-17(7-9-18)23-21(26)16-5-10-19(22)20(11-16)25(27)28/h5-11,14-15H,12-13H2,1-4H3,(H,23,26). The highest BCUT2D eigenvalue weighted by atomic mass is 35.5. The number of halogens is 1.